The maximum absolute atomic E-state index is 12.9. The third-order valence-corrected chi connectivity index (χ3v) is 4.58. The van der Waals surface area contributed by atoms with Gasteiger partial charge in [0.05, 0.1) is 12.2 Å². The van der Waals surface area contributed by atoms with Gasteiger partial charge in [0.15, 0.2) is 11.5 Å². The third-order valence-electron chi connectivity index (χ3n) is 4.58. The summed E-state index contributed by atoms with van der Waals surface area (Å²) >= 11 is 0. The summed E-state index contributed by atoms with van der Waals surface area (Å²) in [6.45, 7) is 9.88. The van der Waals surface area contributed by atoms with E-state index in [1.807, 2.05) is 30.0 Å². The second kappa shape index (κ2) is 7.85. The SMILES string of the molecule is CCOCCN1CCN(C(=O)c2cccc3c2OCCO3)C[C@@H]1C. The number of nitrogens with zero attached hydrogens (tertiary/aromatic N) is 2. The highest BCUT2D eigenvalue weighted by molar-refractivity contribution is 5.98. The normalized spacial score (nSPS) is 20.9. The van der Waals surface area contributed by atoms with Crippen LogP contribution in [0.15, 0.2) is 18.2 Å². The monoisotopic (exact) mass is 334 g/mol. The van der Waals surface area contributed by atoms with E-state index >= 15 is 0 Å². The fourth-order valence-corrected chi connectivity index (χ4v) is 3.25. The second-order valence-corrected chi connectivity index (χ2v) is 6.16. The molecule has 0 aliphatic carbocycles. The number of hydrogen-bond donors (Lipinski definition) is 0. The zero-order chi connectivity index (χ0) is 16.9. The Morgan fingerprint density at radius 2 is 2.12 bits per heavy atom. The fourth-order valence-electron chi connectivity index (χ4n) is 3.25. The maximum Gasteiger partial charge on any atom is 0.257 e. The molecule has 132 valence electrons. The first-order valence-corrected chi connectivity index (χ1v) is 8.70. The molecule has 24 heavy (non-hydrogen) atoms. The van der Waals surface area contributed by atoms with Gasteiger partial charge >= 0.3 is 0 Å². The van der Waals surface area contributed by atoms with E-state index in [1.54, 1.807) is 0 Å². The molecule has 1 atom stereocenters. The number of amides is 1. The van der Waals surface area contributed by atoms with Crippen LogP contribution >= 0.6 is 0 Å². The van der Waals surface area contributed by atoms with Gasteiger partial charge in [-0.15, -0.1) is 0 Å². The van der Waals surface area contributed by atoms with E-state index in [-0.39, 0.29) is 5.91 Å². The topological polar surface area (TPSA) is 51.2 Å². The van der Waals surface area contributed by atoms with Gasteiger partial charge in [0.2, 0.25) is 0 Å². The average molecular weight is 334 g/mol. The van der Waals surface area contributed by atoms with Crippen LogP contribution in [-0.4, -0.2) is 74.4 Å². The van der Waals surface area contributed by atoms with Crippen LogP contribution in [0.2, 0.25) is 0 Å². The first-order chi connectivity index (χ1) is 11.7. The zero-order valence-corrected chi connectivity index (χ0v) is 14.5. The molecule has 0 radical (unpaired) electrons. The van der Waals surface area contributed by atoms with Gasteiger partial charge in [0, 0.05) is 38.8 Å². The summed E-state index contributed by atoms with van der Waals surface area (Å²) in [5.41, 5.74) is 0.599. The van der Waals surface area contributed by atoms with Crippen molar-refractivity contribution in [2.24, 2.45) is 0 Å². The van der Waals surface area contributed by atoms with E-state index in [0.717, 1.165) is 39.4 Å². The molecule has 0 aromatic heterocycles. The highest BCUT2D eigenvalue weighted by Crippen LogP contribution is 2.34. The van der Waals surface area contributed by atoms with Gasteiger partial charge < -0.3 is 19.1 Å². The molecule has 0 N–H and O–H groups in total. The van der Waals surface area contributed by atoms with Crippen LogP contribution in [0.3, 0.4) is 0 Å². The number of rotatable bonds is 5. The van der Waals surface area contributed by atoms with Crippen LogP contribution in [0.4, 0.5) is 0 Å². The summed E-state index contributed by atoms with van der Waals surface area (Å²) < 4.78 is 16.7. The standard InChI is InChI=1S/C18H26N2O4/c1-3-22-10-9-19-7-8-20(13-14(19)2)18(21)15-5-4-6-16-17(15)24-12-11-23-16/h4-6,14H,3,7-13H2,1-2H3/t14-/m0/s1. The van der Waals surface area contributed by atoms with Crippen molar-refractivity contribution >= 4 is 5.91 Å². The van der Waals surface area contributed by atoms with Gasteiger partial charge in [0.25, 0.3) is 5.91 Å². The van der Waals surface area contributed by atoms with E-state index in [0.29, 0.717) is 36.3 Å². The molecule has 6 heteroatoms. The van der Waals surface area contributed by atoms with E-state index in [9.17, 15) is 4.79 Å². The van der Waals surface area contributed by atoms with Gasteiger partial charge in [0.1, 0.15) is 13.2 Å². The van der Waals surface area contributed by atoms with Crippen molar-refractivity contribution in [2.75, 3.05) is 52.6 Å². The quantitative estimate of drug-likeness (QED) is 0.766. The van der Waals surface area contributed by atoms with Crippen LogP contribution in [0.25, 0.3) is 0 Å². The molecule has 1 fully saturated rings. The lowest BCUT2D eigenvalue weighted by Gasteiger charge is -2.40. The number of ether oxygens (including phenoxy) is 3. The zero-order valence-electron chi connectivity index (χ0n) is 14.5. The Morgan fingerprint density at radius 3 is 2.92 bits per heavy atom. The molecule has 1 aromatic rings. The van der Waals surface area contributed by atoms with Crippen molar-refractivity contribution in [1.82, 2.24) is 9.80 Å². The number of benzene rings is 1. The van der Waals surface area contributed by atoms with Crippen LogP contribution in [0.1, 0.15) is 24.2 Å². The predicted octanol–water partition coefficient (Wildman–Crippen LogP) is 1.64. The third kappa shape index (κ3) is 3.65. The number of carbonyl (C=O) groups excluding carboxylic acids is 1. The van der Waals surface area contributed by atoms with Crippen molar-refractivity contribution in [1.29, 1.82) is 0 Å². The van der Waals surface area contributed by atoms with Crippen molar-refractivity contribution in [2.45, 2.75) is 19.9 Å². The van der Waals surface area contributed by atoms with Crippen LogP contribution in [0, 0.1) is 0 Å². The number of hydrogen-bond acceptors (Lipinski definition) is 5. The molecule has 2 heterocycles. The van der Waals surface area contributed by atoms with Crippen LogP contribution < -0.4 is 9.47 Å². The molecule has 1 aromatic carbocycles. The van der Waals surface area contributed by atoms with Crippen molar-refractivity contribution in [3.8, 4) is 11.5 Å². The summed E-state index contributed by atoms with van der Waals surface area (Å²) in [6, 6.07) is 5.84. The van der Waals surface area contributed by atoms with E-state index in [2.05, 4.69) is 11.8 Å². The van der Waals surface area contributed by atoms with Gasteiger partial charge in [-0.25, -0.2) is 0 Å². The van der Waals surface area contributed by atoms with Gasteiger partial charge in [-0.2, -0.15) is 0 Å². The molecule has 0 unspecified atom stereocenters. The number of carbonyl (C=O) groups is 1. The Morgan fingerprint density at radius 1 is 1.29 bits per heavy atom. The van der Waals surface area contributed by atoms with Crippen LogP contribution in [-0.2, 0) is 4.74 Å². The second-order valence-electron chi connectivity index (χ2n) is 6.16. The smallest absolute Gasteiger partial charge is 0.257 e. The number of fused-ring (bicyclic) bond motifs is 1. The summed E-state index contributed by atoms with van der Waals surface area (Å²) in [7, 11) is 0. The largest absolute Gasteiger partial charge is 0.486 e. The van der Waals surface area contributed by atoms with Crippen LogP contribution in [0.5, 0.6) is 11.5 Å². The molecule has 0 saturated carbocycles. The molecule has 2 aliphatic heterocycles. The lowest BCUT2D eigenvalue weighted by atomic mass is 10.1. The van der Waals surface area contributed by atoms with Gasteiger partial charge in [-0.1, -0.05) is 6.07 Å². The van der Waals surface area contributed by atoms with Gasteiger partial charge in [-0.05, 0) is 26.0 Å². The summed E-state index contributed by atoms with van der Waals surface area (Å²) in [5.74, 6) is 1.27. The Kier molecular flexibility index (Phi) is 5.58. The molecule has 6 nitrogen and oxygen atoms in total. The van der Waals surface area contributed by atoms with Crippen molar-refractivity contribution < 1.29 is 19.0 Å². The maximum atomic E-state index is 12.9. The Labute approximate surface area is 143 Å². The molecule has 3 rings (SSSR count). The minimum absolute atomic E-state index is 0.0219. The molecular formula is C18H26N2O4. The predicted molar refractivity (Wildman–Crippen MR) is 90.9 cm³/mol. The Bertz CT molecular complexity index is 578. The van der Waals surface area contributed by atoms with E-state index < -0.39 is 0 Å². The molecular weight excluding hydrogens is 308 g/mol. The Balaban J connectivity index is 1.65. The molecule has 1 saturated heterocycles. The average Bonchev–Trinajstić information content (AvgIpc) is 2.62. The van der Waals surface area contributed by atoms with E-state index in [1.165, 1.54) is 0 Å². The minimum atomic E-state index is 0.0219. The minimum Gasteiger partial charge on any atom is -0.486 e. The number of para-hydroxylation sites is 1. The molecule has 0 spiro atoms. The van der Waals surface area contributed by atoms with Gasteiger partial charge in [-0.3, -0.25) is 9.69 Å². The lowest BCUT2D eigenvalue weighted by Crippen LogP contribution is -2.54. The fraction of sp³-hybridized carbons (Fsp3) is 0.611. The molecule has 0 bridgehead atoms. The summed E-state index contributed by atoms with van der Waals surface area (Å²) in [4.78, 5) is 17.2. The lowest BCUT2D eigenvalue weighted by molar-refractivity contribution is 0.0387. The van der Waals surface area contributed by atoms with E-state index in [4.69, 9.17) is 14.2 Å². The van der Waals surface area contributed by atoms with Crippen molar-refractivity contribution in [3.63, 3.8) is 0 Å². The molecule has 2 aliphatic rings. The highest BCUT2D eigenvalue weighted by atomic mass is 16.6. The first-order valence-electron chi connectivity index (χ1n) is 8.70. The number of piperazine rings is 1. The molecule has 1 amide bonds. The highest BCUT2D eigenvalue weighted by Gasteiger charge is 2.30. The van der Waals surface area contributed by atoms with Crippen molar-refractivity contribution in [3.05, 3.63) is 23.8 Å². The summed E-state index contributed by atoms with van der Waals surface area (Å²) in [6.07, 6.45) is 0. The summed E-state index contributed by atoms with van der Waals surface area (Å²) in [5, 5.41) is 0. The first kappa shape index (κ1) is 17.0. The Hall–Kier alpha value is -1.79.